The lowest BCUT2D eigenvalue weighted by molar-refractivity contribution is -0.137. The minimum atomic E-state index is -4.48. The molecule has 1 N–H and O–H groups in total. The number of aryl methyl sites for hydroxylation is 1. The van der Waals surface area contributed by atoms with Gasteiger partial charge in [0.2, 0.25) is 0 Å². The van der Waals surface area contributed by atoms with Crippen molar-refractivity contribution in [3.05, 3.63) is 70.8 Å². The van der Waals surface area contributed by atoms with Gasteiger partial charge in [0.25, 0.3) is 5.91 Å². The molecule has 3 amide bonds. The maximum Gasteiger partial charge on any atom is 0.416 e. The first-order valence-corrected chi connectivity index (χ1v) is 8.70. The van der Waals surface area contributed by atoms with Crippen molar-refractivity contribution in [3.63, 3.8) is 0 Å². The first-order chi connectivity index (χ1) is 12.8. The van der Waals surface area contributed by atoms with Gasteiger partial charge >= 0.3 is 12.2 Å². The fraction of sp³-hybridized carbons (Fsp3) is 0.300. The number of nitrogens with zero attached hydrogens (tertiary/aromatic N) is 1. The molecule has 4 nitrogen and oxygen atoms in total. The van der Waals surface area contributed by atoms with Crippen LogP contribution >= 0.6 is 0 Å². The largest absolute Gasteiger partial charge is 0.416 e. The average molecular weight is 374 g/mol. The van der Waals surface area contributed by atoms with Gasteiger partial charge in [0.05, 0.1) is 12.1 Å². The number of benzene rings is 2. The molecule has 0 radical (unpaired) electrons. The highest BCUT2D eigenvalue weighted by atomic mass is 19.4. The third kappa shape index (κ3) is 2.87. The summed E-state index contributed by atoms with van der Waals surface area (Å²) in [5, 5.41) is 2.81. The van der Waals surface area contributed by atoms with E-state index in [0.717, 1.165) is 41.0 Å². The van der Waals surface area contributed by atoms with Crippen molar-refractivity contribution >= 4 is 11.9 Å². The molecule has 1 fully saturated rings. The molecule has 2 aliphatic rings. The van der Waals surface area contributed by atoms with Crippen LogP contribution in [0.15, 0.2) is 48.5 Å². The predicted octanol–water partition coefficient (Wildman–Crippen LogP) is 3.99. The molecule has 2 aromatic rings. The summed E-state index contributed by atoms with van der Waals surface area (Å²) in [6.45, 7) is -0.196. The minimum Gasteiger partial charge on any atom is -0.319 e. The molecule has 0 unspecified atom stereocenters. The van der Waals surface area contributed by atoms with E-state index in [1.54, 1.807) is 0 Å². The molecule has 1 heterocycles. The molecule has 4 rings (SSSR count). The van der Waals surface area contributed by atoms with Gasteiger partial charge < -0.3 is 5.32 Å². The standard InChI is InChI=1S/C20H17F3N2O2/c21-20(22,23)15-8-3-5-13(11-15)12-25-17(26)19(24-18(25)27)10-4-7-14-6-1-2-9-16(14)19/h1-3,5-6,8-9,11H,4,7,10,12H2,(H,24,27)/t19-/m1/s1. The van der Waals surface area contributed by atoms with E-state index < -0.39 is 29.2 Å². The van der Waals surface area contributed by atoms with E-state index in [4.69, 9.17) is 0 Å². The smallest absolute Gasteiger partial charge is 0.319 e. The molecule has 0 saturated carbocycles. The fourth-order valence-electron chi connectivity index (χ4n) is 3.98. The van der Waals surface area contributed by atoms with E-state index in [2.05, 4.69) is 5.32 Å². The number of carbonyl (C=O) groups excluding carboxylic acids is 2. The Morgan fingerprint density at radius 1 is 1.07 bits per heavy atom. The highest BCUT2D eigenvalue weighted by Crippen LogP contribution is 2.40. The summed E-state index contributed by atoms with van der Waals surface area (Å²) in [5.41, 5.74) is 0.131. The van der Waals surface area contributed by atoms with Crippen LogP contribution in [0.5, 0.6) is 0 Å². The van der Waals surface area contributed by atoms with Gasteiger partial charge in [0.1, 0.15) is 5.54 Å². The van der Waals surface area contributed by atoms with Crippen LogP contribution < -0.4 is 5.32 Å². The van der Waals surface area contributed by atoms with E-state index in [9.17, 15) is 22.8 Å². The molecular formula is C20H17F3N2O2. The molecule has 0 aromatic heterocycles. The van der Waals surface area contributed by atoms with Crippen molar-refractivity contribution in [2.45, 2.75) is 37.5 Å². The predicted molar refractivity (Wildman–Crippen MR) is 91.6 cm³/mol. The molecule has 0 bridgehead atoms. The van der Waals surface area contributed by atoms with Crippen molar-refractivity contribution in [3.8, 4) is 0 Å². The quantitative estimate of drug-likeness (QED) is 0.808. The van der Waals surface area contributed by atoms with Crippen LogP contribution in [0.3, 0.4) is 0 Å². The number of halogens is 3. The lowest BCUT2D eigenvalue weighted by Gasteiger charge is -2.33. The van der Waals surface area contributed by atoms with Gasteiger partial charge in [-0.25, -0.2) is 4.79 Å². The Morgan fingerprint density at radius 3 is 2.63 bits per heavy atom. The van der Waals surface area contributed by atoms with Crippen LogP contribution in [0.2, 0.25) is 0 Å². The molecule has 1 aliphatic carbocycles. The SMILES string of the molecule is O=C1N[C@@]2(CCCc3ccccc32)C(=O)N1Cc1cccc(C(F)(F)F)c1. The highest BCUT2D eigenvalue weighted by molar-refractivity contribution is 6.07. The second kappa shape index (κ2) is 6.11. The number of amides is 3. The van der Waals surface area contributed by atoms with Crippen LogP contribution in [0.1, 0.15) is 35.1 Å². The summed E-state index contributed by atoms with van der Waals surface area (Å²) in [7, 11) is 0. The molecule has 140 valence electrons. The van der Waals surface area contributed by atoms with Crippen LogP contribution in [-0.4, -0.2) is 16.8 Å². The molecule has 1 saturated heterocycles. The normalized spacial score (nSPS) is 22.1. The molecule has 2 aromatic carbocycles. The molecule has 1 spiro atoms. The number of carbonyl (C=O) groups is 2. The number of nitrogens with one attached hydrogen (secondary N) is 1. The van der Waals surface area contributed by atoms with Gasteiger partial charge in [-0.15, -0.1) is 0 Å². The third-order valence-corrected chi connectivity index (χ3v) is 5.25. The zero-order valence-corrected chi connectivity index (χ0v) is 14.3. The first-order valence-electron chi connectivity index (χ1n) is 8.70. The van der Waals surface area contributed by atoms with Crippen molar-refractivity contribution < 1.29 is 22.8 Å². The second-order valence-electron chi connectivity index (χ2n) is 6.94. The lowest BCUT2D eigenvalue weighted by Crippen LogP contribution is -2.46. The molecule has 7 heteroatoms. The van der Waals surface area contributed by atoms with Crippen molar-refractivity contribution in [1.29, 1.82) is 0 Å². The van der Waals surface area contributed by atoms with Crippen LogP contribution in [0.25, 0.3) is 0 Å². The Balaban J connectivity index is 1.66. The fourth-order valence-corrected chi connectivity index (χ4v) is 3.98. The number of urea groups is 1. The number of imide groups is 1. The molecule has 1 atom stereocenters. The van der Waals surface area contributed by atoms with Crippen LogP contribution in [0, 0.1) is 0 Å². The number of hydrogen-bond donors (Lipinski definition) is 1. The maximum absolute atomic E-state index is 13.2. The van der Waals surface area contributed by atoms with Crippen molar-refractivity contribution in [2.24, 2.45) is 0 Å². The lowest BCUT2D eigenvalue weighted by atomic mass is 9.76. The second-order valence-corrected chi connectivity index (χ2v) is 6.94. The van der Waals surface area contributed by atoms with Crippen molar-refractivity contribution in [2.75, 3.05) is 0 Å². The zero-order valence-electron chi connectivity index (χ0n) is 14.3. The summed E-state index contributed by atoms with van der Waals surface area (Å²) in [4.78, 5) is 26.7. The van der Waals surface area contributed by atoms with E-state index in [0.29, 0.717) is 6.42 Å². The number of alkyl halides is 3. The van der Waals surface area contributed by atoms with E-state index in [1.165, 1.54) is 12.1 Å². The summed E-state index contributed by atoms with van der Waals surface area (Å²) < 4.78 is 38.8. The van der Waals surface area contributed by atoms with Gasteiger partial charge in [-0.2, -0.15) is 13.2 Å². The maximum atomic E-state index is 13.2. The molecule has 27 heavy (non-hydrogen) atoms. The number of rotatable bonds is 2. The van der Waals surface area contributed by atoms with Crippen molar-refractivity contribution in [1.82, 2.24) is 10.2 Å². The average Bonchev–Trinajstić information content (AvgIpc) is 2.87. The Morgan fingerprint density at radius 2 is 1.85 bits per heavy atom. The third-order valence-electron chi connectivity index (χ3n) is 5.25. The van der Waals surface area contributed by atoms with E-state index >= 15 is 0 Å². The van der Waals surface area contributed by atoms with Gasteiger partial charge in [-0.1, -0.05) is 36.4 Å². The summed E-state index contributed by atoms with van der Waals surface area (Å²) in [6, 6.07) is 11.6. The minimum absolute atomic E-state index is 0.196. The molecule has 1 aliphatic heterocycles. The highest BCUT2D eigenvalue weighted by Gasteiger charge is 2.53. The molecular weight excluding hydrogens is 357 g/mol. The Hall–Kier alpha value is -2.83. The topological polar surface area (TPSA) is 49.4 Å². The monoisotopic (exact) mass is 374 g/mol. The van der Waals surface area contributed by atoms with Gasteiger partial charge in [0, 0.05) is 0 Å². The number of fused-ring (bicyclic) bond motifs is 2. The summed E-state index contributed by atoms with van der Waals surface area (Å²) >= 11 is 0. The van der Waals surface area contributed by atoms with E-state index in [1.807, 2.05) is 24.3 Å². The summed E-state index contributed by atoms with van der Waals surface area (Å²) in [6.07, 6.45) is -2.42. The Bertz CT molecular complexity index is 925. The van der Waals surface area contributed by atoms with Gasteiger partial charge in [0.15, 0.2) is 0 Å². The van der Waals surface area contributed by atoms with Crippen LogP contribution in [0.4, 0.5) is 18.0 Å². The number of hydrogen-bond acceptors (Lipinski definition) is 2. The Labute approximate surface area is 154 Å². The zero-order chi connectivity index (χ0) is 19.2. The van der Waals surface area contributed by atoms with Crippen LogP contribution in [-0.2, 0) is 29.5 Å². The van der Waals surface area contributed by atoms with Gasteiger partial charge in [-0.3, -0.25) is 9.69 Å². The first kappa shape index (κ1) is 17.6. The van der Waals surface area contributed by atoms with Gasteiger partial charge in [-0.05, 0) is 48.1 Å². The van der Waals surface area contributed by atoms with E-state index in [-0.39, 0.29) is 12.1 Å². The Kier molecular flexibility index (Phi) is 3.98. The summed E-state index contributed by atoms with van der Waals surface area (Å²) in [5.74, 6) is -0.405.